The molecule has 0 saturated carbocycles. The third kappa shape index (κ3) is 3.93. The maximum atomic E-state index is 12.2. The predicted octanol–water partition coefficient (Wildman–Crippen LogP) is 5.18. The van der Waals surface area contributed by atoms with Gasteiger partial charge in [0.15, 0.2) is 0 Å². The summed E-state index contributed by atoms with van der Waals surface area (Å²) in [5, 5.41) is 0.665. The van der Waals surface area contributed by atoms with E-state index in [4.69, 9.17) is 11.6 Å². The number of aryl methyl sites for hydroxylation is 1. The average Bonchev–Trinajstić information content (AvgIpc) is 3.03. The number of hydrogen-bond donors (Lipinski definition) is 0. The van der Waals surface area contributed by atoms with Gasteiger partial charge in [-0.1, -0.05) is 41.4 Å². The van der Waals surface area contributed by atoms with Crippen molar-refractivity contribution < 1.29 is 8.42 Å². The van der Waals surface area contributed by atoms with Crippen LogP contribution < -0.4 is 0 Å². The first-order valence-electron chi connectivity index (χ1n) is 7.17. The minimum Gasteiger partial charge on any atom is -0.199 e. The lowest BCUT2D eigenvalue weighted by molar-refractivity contribution is 0.598. The number of sulfonamides is 1. The molecule has 0 aliphatic heterocycles. The smallest absolute Gasteiger partial charge is 0.199 e. The highest BCUT2D eigenvalue weighted by atomic mass is 35.5. The zero-order valence-corrected chi connectivity index (χ0v) is 15.2. The fourth-order valence-corrected chi connectivity index (χ4v) is 4.10. The van der Waals surface area contributed by atoms with E-state index in [1.54, 1.807) is 24.3 Å². The van der Waals surface area contributed by atoms with Crippen LogP contribution in [0.3, 0.4) is 0 Å². The Hall–Kier alpha value is -1.95. The molecule has 6 heteroatoms. The van der Waals surface area contributed by atoms with Crippen LogP contribution in [-0.2, 0) is 10.0 Å². The normalized spacial score (nSPS) is 11.9. The summed E-state index contributed by atoms with van der Waals surface area (Å²) in [6.45, 7) is 1.91. The van der Waals surface area contributed by atoms with Crippen LogP contribution >= 0.6 is 22.9 Å². The highest BCUT2D eigenvalue weighted by Gasteiger charge is 2.11. The first-order valence-corrected chi connectivity index (χ1v) is 9.80. The molecule has 24 heavy (non-hydrogen) atoms. The predicted molar refractivity (Wildman–Crippen MR) is 101 cm³/mol. The number of thiophene rings is 1. The molecule has 0 fully saturated rings. The Balaban J connectivity index is 1.84. The van der Waals surface area contributed by atoms with E-state index in [1.807, 2.05) is 43.3 Å². The molecule has 0 N–H and O–H groups in total. The maximum Gasteiger partial charge on any atom is 0.282 e. The second kappa shape index (κ2) is 6.89. The van der Waals surface area contributed by atoms with Crippen LogP contribution in [0.25, 0.3) is 10.4 Å². The Morgan fingerprint density at radius 1 is 1.04 bits per heavy atom. The van der Waals surface area contributed by atoms with E-state index in [2.05, 4.69) is 4.40 Å². The SMILES string of the molecule is Cc1ccc(S(=O)(=O)/N=C/c2ccc(-c3cccc(Cl)c3)s2)cc1. The van der Waals surface area contributed by atoms with Crippen molar-refractivity contribution in [1.29, 1.82) is 0 Å². The van der Waals surface area contributed by atoms with Crippen LogP contribution in [0.1, 0.15) is 10.4 Å². The van der Waals surface area contributed by atoms with Crippen LogP contribution in [0.15, 0.2) is 70.0 Å². The molecule has 1 heterocycles. The summed E-state index contributed by atoms with van der Waals surface area (Å²) in [7, 11) is -3.68. The molecular formula is C18H14ClNO2S2. The molecule has 0 atom stereocenters. The highest BCUT2D eigenvalue weighted by molar-refractivity contribution is 7.90. The molecule has 3 nitrogen and oxygen atoms in total. The second-order valence-corrected chi connectivity index (χ2v) is 8.42. The summed E-state index contributed by atoms with van der Waals surface area (Å²) in [6.07, 6.45) is 1.38. The molecule has 0 saturated heterocycles. The van der Waals surface area contributed by atoms with E-state index in [1.165, 1.54) is 17.6 Å². The minimum absolute atomic E-state index is 0.191. The van der Waals surface area contributed by atoms with Crippen molar-refractivity contribution in [2.75, 3.05) is 0 Å². The van der Waals surface area contributed by atoms with Gasteiger partial charge >= 0.3 is 0 Å². The molecule has 1 aromatic heterocycles. The van der Waals surface area contributed by atoms with Crippen molar-refractivity contribution >= 4 is 39.2 Å². The summed E-state index contributed by atoms with van der Waals surface area (Å²) in [5.74, 6) is 0. The third-order valence-electron chi connectivity index (χ3n) is 3.37. The Kier molecular flexibility index (Phi) is 4.85. The molecule has 0 amide bonds. The number of nitrogens with zero attached hydrogens (tertiary/aromatic N) is 1. The topological polar surface area (TPSA) is 46.5 Å². The van der Waals surface area contributed by atoms with Gasteiger partial charge in [0.05, 0.1) is 11.1 Å². The van der Waals surface area contributed by atoms with Gasteiger partial charge in [-0.05, 0) is 48.9 Å². The minimum atomic E-state index is -3.68. The lowest BCUT2D eigenvalue weighted by atomic mass is 10.2. The van der Waals surface area contributed by atoms with Crippen LogP contribution in [0.4, 0.5) is 0 Å². The quantitative estimate of drug-likeness (QED) is 0.589. The van der Waals surface area contributed by atoms with Crippen LogP contribution in [0.5, 0.6) is 0 Å². The van der Waals surface area contributed by atoms with E-state index in [0.29, 0.717) is 5.02 Å². The summed E-state index contributed by atoms with van der Waals surface area (Å²) in [5.41, 5.74) is 2.00. The standard InChI is InChI=1S/C18H14ClNO2S2/c1-13-5-8-17(9-6-13)24(21,22)20-12-16-7-10-18(23-16)14-3-2-4-15(19)11-14/h2-12H,1H3/b20-12+. The van der Waals surface area contributed by atoms with Gasteiger partial charge in [-0.25, -0.2) is 0 Å². The monoisotopic (exact) mass is 375 g/mol. The van der Waals surface area contributed by atoms with E-state index in [9.17, 15) is 8.42 Å². The molecule has 0 unspecified atom stereocenters. The largest absolute Gasteiger partial charge is 0.282 e. The molecule has 0 bridgehead atoms. The Bertz CT molecular complexity index is 990. The summed E-state index contributed by atoms with van der Waals surface area (Å²) in [4.78, 5) is 1.96. The van der Waals surface area contributed by atoms with Gasteiger partial charge in [-0.3, -0.25) is 0 Å². The summed E-state index contributed by atoms with van der Waals surface area (Å²) in [6, 6.07) is 17.9. The van der Waals surface area contributed by atoms with Crippen LogP contribution in [0.2, 0.25) is 5.02 Å². The number of rotatable bonds is 4. The highest BCUT2D eigenvalue weighted by Crippen LogP contribution is 2.29. The Morgan fingerprint density at radius 3 is 2.50 bits per heavy atom. The van der Waals surface area contributed by atoms with E-state index in [-0.39, 0.29) is 4.90 Å². The van der Waals surface area contributed by atoms with Gasteiger partial charge in [0.1, 0.15) is 0 Å². The maximum absolute atomic E-state index is 12.2. The van der Waals surface area contributed by atoms with E-state index >= 15 is 0 Å². The molecule has 122 valence electrons. The van der Waals surface area contributed by atoms with Crippen molar-refractivity contribution in [2.24, 2.45) is 4.40 Å². The van der Waals surface area contributed by atoms with Gasteiger partial charge in [0, 0.05) is 14.8 Å². The zero-order valence-electron chi connectivity index (χ0n) is 12.8. The summed E-state index contributed by atoms with van der Waals surface area (Å²) >= 11 is 7.46. The Labute approximate surface area is 150 Å². The van der Waals surface area contributed by atoms with Crippen molar-refractivity contribution in [3.8, 4) is 10.4 Å². The van der Waals surface area contributed by atoms with Gasteiger partial charge in [-0.15, -0.1) is 11.3 Å². The first kappa shape index (κ1) is 16.9. The first-order chi connectivity index (χ1) is 11.4. The lowest BCUT2D eigenvalue weighted by Gasteiger charge is -1.98. The molecule has 3 aromatic rings. The van der Waals surface area contributed by atoms with Gasteiger partial charge in [-0.2, -0.15) is 12.8 Å². The van der Waals surface area contributed by atoms with Gasteiger partial charge in [0.2, 0.25) is 0 Å². The second-order valence-electron chi connectivity index (χ2n) is 5.23. The third-order valence-corrected chi connectivity index (χ3v) is 5.93. The fourth-order valence-electron chi connectivity index (χ4n) is 2.11. The number of hydrogen-bond acceptors (Lipinski definition) is 3. The van der Waals surface area contributed by atoms with Gasteiger partial charge in [0.25, 0.3) is 10.0 Å². The lowest BCUT2D eigenvalue weighted by Crippen LogP contribution is -1.97. The van der Waals surface area contributed by atoms with Crippen LogP contribution in [-0.4, -0.2) is 14.6 Å². The molecule has 3 rings (SSSR count). The van der Waals surface area contributed by atoms with Gasteiger partial charge < -0.3 is 0 Å². The zero-order chi connectivity index (χ0) is 17.2. The summed E-state index contributed by atoms with van der Waals surface area (Å²) < 4.78 is 28.2. The van der Waals surface area contributed by atoms with E-state index in [0.717, 1.165) is 20.9 Å². The molecular weight excluding hydrogens is 362 g/mol. The fraction of sp³-hybridized carbons (Fsp3) is 0.0556. The van der Waals surface area contributed by atoms with Crippen molar-refractivity contribution in [3.05, 3.63) is 76.1 Å². The molecule has 0 aliphatic rings. The van der Waals surface area contributed by atoms with Crippen molar-refractivity contribution in [2.45, 2.75) is 11.8 Å². The average molecular weight is 376 g/mol. The van der Waals surface area contributed by atoms with Crippen molar-refractivity contribution in [1.82, 2.24) is 0 Å². The Morgan fingerprint density at radius 2 is 1.79 bits per heavy atom. The molecule has 0 aliphatic carbocycles. The molecule has 0 radical (unpaired) electrons. The molecule has 0 spiro atoms. The number of benzene rings is 2. The van der Waals surface area contributed by atoms with Crippen LogP contribution in [0, 0.1) is 6.92 Å². The van der Waals surface area contributed by atoms with Crippen molar-refractivity contribution in [3.63, 3.8) is 0 Å². The molecule has 2 aromatic carbocycles. The van der Waals surface area contributed by atoms with E-state index < -0.39 is 10.0 Å². The number of halogens is 1.